The van der Waals surface area contributed by atoms with Gasteiger partial charge in [-0.25, -0.2) is 4.39 Å². The van der Waals surface area contributed by atoms with Crippen molar-refractivity contribution in [2.45, 2.75) is 37.6 Å². The van der Waals surface area contributed by atoms with Gasteiger partial charge in [-0.3, -0.25) is 9.69 Å². The van der Waals surface area contributed by atoms with Crippen molar-refractivity contribution in [1.29, 1.82) is 0 Å². The highest BCUT2D eigenvalue weighted by Gasteiger charge is 2.45. The van der Waals surface area contributed by atoms with Crippen LogP contribution in [-0.4, -0.2) is 30.4 Å². The normalized spacial score (nSPS) is 24.2. The Morgan fingerprint density at radius 1 is 1.19 bits per heavy atom. The van der Waals surface area contributed by atoms with Crippen molar-refractivity contribution in [2.75, 3.05) is 19.6 Å². The van der Waals surface area contributed by atoms with Crippen LogP contribution in [0.15, 0.2) is 47.1 Å². The van der Waals surface area contributed by atoms with Crippen molar-refractivity contribution in [2.24, 2.45) is 5.92 Å². The van der Waals surface area contributed by atoms with E-state index in [2.05, 4.69) is 10.2 Å². The number of hydrogen-bond acceptors (Lipinski definition) is 3. The zero-order chi connectivity index (χ0) is 17.9. The molecule has 0 radical (unpaired) electrons. The first kappa shape index (κ1) is 17.3. The van der Waals surface area contributed by atoms with E-state index in [9.17, 15) is 9.18 Å². The molecule has 4 nitrogen and oxygen atoms in total. The van der Waals surface area contributed by atoms with E-state index >= 15 is 0 Å². The van der Waals surface area contributed by atoms with E-state index in [1.54, 1.807) is 18.4 Å². The average molecular weight is 356 g/mol. The lowest BCUT2D eigenvalue weighted by atomic mass is 10.1. The highest BCUT2D eigenvalue weighted by atomic mass is 19.1. The summed E-state index contributed by atoms with van der Waals surface area (Å²) in [5.74, 6) is 0.591. The minimum atomic E-state index is -0.213. The zero-order valence-electron chi connectivity index (χ0n) is 14.9. The minimum Gasteiger partial charge on any atom is -0.468 e. The van der Waals surface area contributed by atoms with Crippen molar-refractivity contribution >= 4 is 5.91 Å². The molecule has 1 saturated heterocycles. The van der Waals surface area contributed by atoms with Crippen LogP contribution in [0.1, 0.15) is 49.0 Å². The smallest absolute Gasteiger partial charge is 0.223 e. The van der Waals surface area contributed by atoms with E-state index in [0.29, 0.717) is 12.1 Å². The summed E-state index contributed by atoms with van der Waals surface area (Å²) < 4.78 is 19.5. The van der Waals surface area contributed by atoms with Crippen LogP contribution in [0.2, 0.25) is 0 Å². The molecular formula is C21H25FN2O2. The predicted molar refractivity (Wildman–Crippen MR) is 97.1 cm³/mol. The molecule has 0 spiro atoms. The van der Waals surface area contributed by atoms with Crippen LogP contribution < -0.4 is 5.32 Å². The number of furan rings is 1. The van der Waals surface area contributed by atoms with Crippen molar-refractivity contribution in [3.8, 4) is 0 Å². The number of nitrogens with zero attached hydrogens (tertiary/aromatic N) is 1. The number of nitrogens with one attached hydrogen (secondary N) is 1. The van der Waals surface area contributed by atoms with Gasteiger partial charge in [-0.15, -0.1) is 0 Å². The second-order valence-electron chi connectivity index (χ2n) is 7.34. The molecule has 2 fully saturated rings. The Bertz CT molecular complexity index is 740. The van der Waals surface area contributed by atoms with Gasteiger partial charge in [-0.05, 0) is 62.0 Å². The molecular weight excluding hydrogens is 331 g/mol. The van der Waals surface area contributed by atoms with E-state index in [1.807, 2.05) is 18.2 Å². The molecule has 1 amide bonds. The molecule has 3 unspecified atom stereocenters. The summed E-state index contributed by atoms with van der Waals surface area (Å²) in [6.45, 7) is 2.60. The first-order chi connectivity index (χ1) is 12.7. The average Bonchev–Trinajstić information content (AvgIpc) is 3.28. The van der Waals surface area contributed by atoms with Gasteiger partial charge in [0.2, 0.25) is 5.91 Å². The maximum absolute atomic E-state index is 13.9. The fourth-order valence-electron chi connectivity index (χ4n) is 4.05. The van der Waals surface area contributed by atoms with Crippen LogP contribution in [-0.2, 0) is 4.79 Å². The summed E-state index contributed by atoms with van der Waals surface area (Å²) in [6, 6.07) is 10.7. The van der Waals surface area contributed by atoms with Gasteiger partial charge in [0.1, 0.15) is 11.6 Å². The lowest BCUT2D eigenvalue weighted by molar-refractivity contribution is -0.122. The fraction of sp³-hybridized carbons (Fsp3) is 0.476. The summed E-state index contributed by atoms with van der Waals surface area (Å²) in [7, 11) is 0. The summed E-state index contributed by atoms with van der Waals surface area (Å²) in [4.78, 5) is 15.0. The Balaban J connectivity index is 1.37. The lowest BCUT2D eigenvalue weighted by Crippen LogP contribution is -2.41. The van der Waals surface area contributed by atoms with E-state index in [-0.39, 0.29) is 29.6 Å². The second-order valence-corrected chi connectivity index (χ2v) is 7.34. The molecule has 3 atom stereocenters. The van der Waals surface area contributed by atoms with E-state index in [4.69, 9.17) is 4.42 Å². The third kappa shape index (κ3) is 3.68. The van der Waals surface area contributed by atoms with Gasteiger partial charge in [-0.2, -0.15) is 0 Å². The first-order valence-corrected chi connectivity index (χ1v) is 9.53. The summed E-state index contributed by atoms with van der Waals surface area (Å²) in [6.07, 6.45) is 6.04. The standard InChI is InChI=1S/C21H25FN2O2/c22-18-8-3-2-7-15(18)16-13-17(16)21(25)23-14-19(20-9-6-12-26-20)24-10-4-1-5-11-24/h2-3,6-9,12,16-17,19H,1,4-5,10-11,13-14H2,(H,23,25). The number of piperidine rings is 1. The Morgan fingerprint density at radius 2 is 2.00 bits per heavy atom. The summed E-state index contributed by atoms with van der Waals surface area (Å²) in [5, 5.41) is 3.09. The van der Waals surface area contributed by atoms with Gasteiger partial charge in [0.15, 0.2) is 0 Å². The van der Waals surface area contributed by atoms with Crippen molar-refractivity contribution < 1.29 is 13.6 Å². The minimum absolute atomic E-state index is 0.00764. The van der Waals surface area contributed by atoms with Gasteiger partial charge in [-0.1, -0.05) is 24.6 Å². The van der Waals surface area contributed by atoms with Crippen molar-refractivity contribution in [3.63, 3.8) is 0 Å². The monoisotopic (exact) mass is 356 g/mol. The molecule has 1 N–H and O–H groups in total. The number of benzene rings is 1. The topological polar surface area (TPSA) is 45.5 Å². The van der Waals surface area contributed by atoms with Crippen LogP contribution >= 0.6 is 0 Å². The molecule has 2 aromatic rings. The largest absolute Gasteiger partial charge is 0.468 e. The fourth-order valence-corrected chi connectivity index (χ4v) is 4.05. The maximum atomic E-state index is 13.9. The van der Waals surface area contributed by atoms with Crippen LogP contribution in [0.3, 0.4) is 0 Å². The molecule has 2 heterocycles. The van der Waals surface area contributed by atoms with E-state index in [1.165, 1.54) is 25.3 Å². The molecule has 1 aromatic carbocycles. The third-order valence-corrected chi connectivity index (χ3v) is 5.60. The Morgan fingerprint density at radius 3 is 2.73 bits per heavy atom. The summed E-state index contributed by atoms with van der Waals surface area (Å²) in [5.41, 5.74) is 0.659. The maximum Gasteiger partial charge on any atom is 0.223 e. The lowest BCUT2D eigenvalue weighted by Gasteiger charge is -2.33. The summed E-state index contributed by atoms with van der Waals surface area (Å²) >= 11 is 0. The van der Waals surface area contributed by atoms with Crippen LogP contribution in [0, 0.1) is 11.7 Å². The van der Waals surface area contributed by atoms with E-state index < -0.39 is 0 Å². The molecule has 2 aliphatic rings. The van der Waals surface area contributed by atoms with Gasteiger partial charge in [0.05, 0.1) is 12.3 Å². The number of halogens is 1. The van der Waals surface area contributed by atoms with Gasteiger partial charge < -0.3 is 9.73 Å². The number of likely N-dealkylation sites (tertiary alicyclic amines) is 1. The molecule has 1 aliphatic carbocycles. The Hall–Kier alpha value is -2.14. The van der Waals surface area contributed by atoms with Crippen LogP contribution in [0.25, 0.3) is 0 Å². The number of carbonyl (C=O) groups is 1. The van der Waals surface area contributed by atoms with Crippen molar-refractivity contribution in [3.05, 3.63) is 59.8 Å². The van der Waals surface area contributed by atoms with E-state index in [0.717, 1.165) is 25.3 Å². The Labute approximate surface area is 153 Å². The van der Waals surface area contributed by atoms with Gasteiger partial charge in [0, 0.05) is 12.5 Å². The second kappa shape index (κ2) is 7.62. The Kier molecular flexibility index (Phi) is 5.07. The predicted octanol–water partition coefficient (Wildman–Crippen LogP) is 3.87. The molecule has 1 saturated carbocycles. The highest BCUT2D eigenvalue weighted by molar-refractivity contribution is 5.82. The van der Waals surface area contributed by atoms with Crippen LogP contribution in [0.5, 0.6) is 0 Å². The quantitative estimate of drug-likeness (QED) is 0.855. The van der Waals surface area contributed by atoms with Gasteiger partial charge >= 0.3 is 0 Å². The van der Waals surface area contributed by atoms with Crippen LogP contribution in [0.4, 0.5) is 4.39 Å². The number of amides is 1. The van der Waals surface area contributed by atoms with Gasteiger partial charge in [0.25, 0.3) is 0 Å². The zero-order valence-corrected chi connectivity index (χ0v) is 14.9. The molecule has 138 valence electrons. The first-order valence-electron chi connectivity index (χ1n) is 9.53. The molecule has 0 bridgehead atoms. The SMILES string of the molecule is O=C(NCC(c1ccco1)N1CCCCC1)C1CC1c1ccccc1F. The molecule has 26 heavy (non-hydrogen) atoms. The molecule has 4 rings (SSSR count). The molecule has 5 heteroatoms. The number of carbonyl (C=O) groups excluding carboxylic acids is 1. The van der Waals surface area contributed by atoms with Crippen molar-refractivity contribution in [1.82, 2.24) is 10.2 Å². The molecule has 1 aromatic heterocycles. The number of hydrogen-bond donors (Lipinski definition) is 1. The third-order valence-electron chi connectivity index (χ3n) is 5.60. The highest BCUT2D eigenvalue weighted by Crippen LogP contribution is 2.48. The molecule has 1 aliphatic heterocycles. The number of rotatable bonds is 6.